The predicted octanol–water partition coefficient (Wildman–Crippen LogP) is 2.84. The third-order valence-corrected chi connectivity index (χ3v) is 5.89. The summed E-state index contributed by atoms with van der Waals surface area (Å²) in [5, 5.41) is 9.43. The maximum absolute atomic E-state index is 15.1. The van der Waals surface area contributed by atoms with E-state index in [0.717, 1.165) is 12.7 Å². The number of halogens is 3. The van der Waals surface area contributed by atoms with Gasteiger partial charge in [0.1, 0.15) is 11.4 Å². The van der Waals surface area contributed by atoms with Crippen LogP contribution in [-0.2, 0) is 6.42 Å². The molecule has 0 spiro atoms. The van der Waals surface area contributed by atoms with Crippen LogP contribution in [0, 0.1) is 5.82 Å². The minimum absolute atomic E-state index is 0.186. The Kier molecular flexibility index (Phi) is 5.38. The molecule has 6 nitrogen and oxygen atoms in total. The van der Waals surface area contributed by atoms with Crippen LogP contribution in [0.2, 0.25) is 0 Å². The zero-order chi connectivity index (χ0) is 22.3. The molecule has 31 heavy (non-hydrogen) atoms. The maximum atomic E-state index is 15.1. The summed E-state index contributed by atoms with van der Waals surface area (Å²) in [4.78, 5) is 28.1. The van der Waals surface area contributed by atoms with Crippen molar-refractivity contribution in [2.45, 2.75) is 19.3 Å². The Bertz CT molecular complexity index is 1100. The normalized spacial score (nSPS) is 18.5. The average Bonchev–Trinajstić information content (AvgIpc) is 2.74. The van der Waals surface area contributed by atoms with Crippen LogP contribution in [0.3, 0.4) is 0 Å². The summed E-state index contributed by atoms with van der Waals surface area (Å²) in [6.07, 6.45) is 1.50. The third kappa shape index (κ3) is 3.85. The van der Waals surface area contributed by atoms with Gasteiger partial charge in [0.2, 0.25) is 0 Å². The summed E-state index contributed by atoms with van der Waals surface area (Å²) in [5.41, 5.74) is -1.41. The summed E-state index contributed by atoms with van der Waals surface area (Å²) < 4.78 is 45.1. The summed E-state index contributed by atoms with van der Waals surface area (Å²) in [6, 6.07) is 5.19. The number of likely N-dealkylation sites (N-methyl/N-ethyl adjacent to an activating group) is 1. The molecule has 4 rings (SSSR count). The summed E-state index contributed by atoms with van der Waals surface area (Å²) in [5.74, 6) is -5.30. The Labute approximate surface area is 176 Å². The standard InChI is InChI=1S/C22H22F3N3O3/c1-2-26-7-9-27(10-8-26)19-11-18-16(12-22(19,24)25)20(29)17(21(30)31)13-28(18)15-5-3-14(23)4-6-15/h3-6,11,13H,2,7-10,12H2,1H3,(H,30,31). The molecule has 0 saturated carbocycles. The Morgan fingerprint density at radius 1 is 1.13 bits per heavy atom. The van der Waals surface area contributed by atoms with E-state index in [1.165, 1.54) is 34.9 Å². The Hall–Kier alpha value is -3.07. The number of aromatic carboxylic acids is 1. The number of hydrogen-bond donors (Lipinski definition) is 1. The molecule has 0 unspecified atom stereocenters. The van der Waals surface area contributed by atoms with Crippen LogP contribution in [0.1, 0.15) is 28.5 Å². The fraction of sp³-hybridized carbons (Fsp3) is 0.364. The zero-order valence-corrected chi connectivity index (χ0v) is 16.9. The molecule has 2 aliphatic rings. The SMILES string of the molecule is CCN1CCN(C2=Cc3c(c(=O)c(C(=O)O)cn3-c3ccc(F)cc3)CC2(F)F)CC1. The Morgan fingerprint density at radius 3 is 2.35 bits per heavy atom. The number of benzene rings is 1. The minimum Gasteiger partial charge on any atom is -0.477 e. The van der Waals surface area contributed by atoms with Crippen LogP contribution in [0.4, 0.5) is 13.2 Å². The second-order valence-electron chi connectivity index (χ2n) is 7.72. The first-order valence-corrected chi connectivity index (χ1v) is 10.1. The smallest absolute Gasteiger partial charge is 0.341 e. The van der Waals surface area contributed by atoms with E-state index < -0.39 is 35.1 Å². The van der Waals surface area contributed by atoms with E-state index in [1.54, 1.807) is 4.90 Å². The number of aromatic nitrogens is 1. The number of hydrogen-bond acceptors (Lipinski definition) is 4. The van der Waals surface area contributed by atoms with Crippen molar-refractivity contribution >= 4 is 12.0 Å². The van der Waals surface area contributed by atoms with Gasteiger partial charge in [-0.15, -0.1) is 0 Å². The molecule has 0 bridgehead atoms. The number of carboxylic acid groups (broad SMARTS) is 1. The molecule has 1 aliphatic heterocycles. The van der Waals surface area contributed by atoms with Crippen LogP contribution in [0.25, 0.3) is 11.8 Å². The molecule has 0 radical (unpaired) electrons. The highest BCUT2D eigenvalue weighted by molar-refractivity contribution is 5.88. The molecule has 1 fully saturated rings. The number of carboxylic acids is 1. The number of fused-ring (bicyclic) bond motifs is 1. The van der Waals surface area contributed by atoms with Crippen molar-refractivity contribution in [3.05, 3.63) is 69.0 Å². The van der Waals surface area contributed by atoms with Crippen LogP contribution in [-0.4, -0.2) is 64.1 Å². The number of piperazine rings is 1. The lowest BCUT2D eigenvalue weighted by Crippen LogP contribution is -2.49. The van der Waals surface area contributed by atoms with Crippen molar-refractivity contribution in [2.24, 2.45) is 0 Å². The molecule has 164 valence electrons. The Balaban J connectivity index is 1.89. The first kappa shape index (κ1) is 21.2. The maximum Gasteiger partial charge on any atom is 0.341 e. The summed E-state index contributed by atoms with van der Waals surface area (Å²) >= 11 is 0. The van der Waals surface area contributed by atoms with Crippen LogP contribution in [0.5, 0.6) is 0 Å². The second-order valence-corrected chi connectivity index (χ2v) is 7.72. The average molecular weight is 433 g/mol. The monoisotopic (exact) mass is 433 g/mol. The van der Waals surface area contributed by atoms with Gasteiger partial charge >= 0.3 is 5.97 Å². The van der Waals surface area contributed by atoms with Crippen LogP contribution < -0.4 is 5.43 Å². The van der Waals surface area contributed by atoms with E-state index in [9.17, 15) is 19.1 Å². The van der Waals surface area contributed by atoms with Gasteiger partial charge in [-0.05, 0) is 36.9 Å². The second kappa shape index (κ2) is 7.88. The van der Waals surface area contributed by atoms with E-state index >= 15 is 8.78 Å². The quantitative estimate of drug-likeness (QED) is 0.804. The highest BCUT2D eigenvalue weighted by Gasteiger charge is 2.43. The molecule has 1 aromatic carbocycles. The molecule has 9 heteroatoms. The van der Waals surface area contributed by atoms with Gasteiger partial charge < -0.3 is 19.5 Å². The van der Waals surface area contributed by atoms with E-state index in [2.05, 4.69) is 4.90 Å². The first-order chi connectivity index (χ1) is 14.7. The zero-order valence-electron chi connectivity index (χ0n) is 16.9. The highest BCUT2D eigenvalue weighted by atomic mass is 19.3. The number of nitrogens with zero attached hydrogens (tertiary/aromatic N) is 3. The van der Waals surface area contributed by atoms with Crippen molar-refractivity contribution in [3.8, 4) is 5.69 Å². The lowest BCUT2D eigenvalue weighted by Gasteiger charge is -2.40. The van der Waals surface area contributed by atoms with E-state index in [0.29, 0.717) is 31.9 Å². The lowest BCUT2D eigenvalue weighted by atomic mass is 9.92. The fourth-order valence-electron chi connectivity index (χ4n) is 4.15. The van der Waals surface area contributed by atoms with E-state index in [1.807, 2.05) is 6.92 Å². The first-order valence-electron chi connectivity index (χ1n) is 10.1. The van der Waals surface area contributed by atoms with E-state index in [-0.39, 0.29) is 17.0 Å². The molecule has 2 heterocycles. The van der Waals surface area contributed by atoms with Gasteiger partial charge in [-0.3, -0.25) is 4.79 Å². The third-order valence-electron chi connectivity index (χ3n) is 5.89. The number of alkyl halides is 2. The molecule has 0 atom stereocenters. The molecule has 1 N–H and O–H groups in total. The molecule has 0 amide bonds. The van der Waals surface area contributed by atoms with Crippen molar-refractivity contribution < 1.29 is 23.1 Å². The molecular weight excluding hydrogens is 411 g/mol. The number of pyridine rings is 1. The topological polar surface area (TPSA) is 65.8 Å². The number of allylic oxidation sites excluding steroid dienone is 1. The molecule has 2 aromatic rings. The van der Waals surface area contributed by atoms with Gasteiger partial charge in [0.05, 0.1) is 11.4 Å². The molecule has 1 aliphatic carbocycles. The molecule has 1 aromatic heterocycles. The summed E-state index contributed by atoms with van der Waals surface area (Å²) in [6.45, 7) is 5.02. The van der Waals surface area contributed by atoms with Crippen LogP contribution >= 0.6 is 0 Å². The van der Waals surface area contributed by atoms with E-state index in [4.69, 9.17) is 0 Å². The fourth-order valence-corrected chi connectivity index (χ4v) is 4.15. The van der Waals surface area contributed by atoms with Crippen LogP contribution in [0.15, 0.2) is 41.0 Å². The van der Waals surface area contributed by atoms with Gasteiger partial charge in [0, 0.05) is 50.0 Å². The number of rotatable bonds is 4. The van der Waals surface area contributed by atoms with Crippen molar-refractivity contribution in [1.82, 2.24) is 14.4 Å². The molecule has 1 saturated heterocycles. The predicted molar refractivity (Wildman–Crippen MR) is 109 cm³/mol. The van der Waals surface area contributed by atoms with Crippen molar-refractivity contribution in [3.63, 3.8) is 0 Å². The largest absolute Gasteiger partial charge is 0.477 e. The Morgan fingerprint density at radius 2 is 1.77 bits per heavy atom. The number of carbonyl (C=O) groups is 1. The highest BCUT2D eigenvalue weighted by Crippen LogP contribution is 2.38. The van der Waals surface area contributed by atoms with Gasteiger partial charge in [0.25, 0.3) is 5.92 Å². The molecular formula is C22H22F3N3O3. The minimum atomic E-state index is -3.31. The van der Waals surface area contributed by atoms with Crippen molar-refractivity contribution in [1.29, 1.82) is 0 Å². The van der Waals surface area contributed by atoms with Gasteiger partial charge in [-0.2, -0.15) is 8.78 Å². The van der Waals surface area contributed by atoms with Crippen molar-refractivity contribution in [2.75, 3.05) is 32.7 Å². The van der Waals surface area contributed by atoms with Gasteiger partial charge in [-0.25, -0.2) is 9.18 Å². The summed E-state index contributed by atoms with van der Waals surface area (Å²) in [7, 11) is 0. The van der Waals surface area contributed by atoms with Gasteiger partial charge in [-0.1, -0.05) is 6.92 Å². The van der Waals surface area contributed by atoms with Gasteiger partial charge in [0.15, 0.2) is 5.43 Å². The lowest BCUT2D eigenvalue weighted by molar-refractivity contribution is 0.00175.